The molecule has 0 atom stereocenters. The maximum Gasteiger partial charge on any atom is 0.240 e. The van der Waals surface area contributed by atoms with Crippen molar-refractivity contribution in [1.29, 1.82) is 0 Å². The molecule has 2 rings (SSSR count). The van der Waals surface area contributed by atoms with Crippen LogP contribution in [0, 0.1) is 20.8 Å². The number of methoxy groups -OCH3 is 1. The molecule has 0 bridgehead atoms. The number of aryl methyl sites for hydroxylation is 3. The summed E-state index contributed by atoms with van der Waals surface area (Å²) in [6.45, 7) is 6.10. The largest absolute Gasteiger partial charge is 0.496 e. The first kappa shape index (κ1) is 18.3. The van der Waals surface area contributed by atoms with Crippen molar-refractivity contribution in [3.63, 3.8) is 0 Å². The molecule has 130 valence electrons. The molecule has 2 aromatic rings. The first-order chi connectivity index (χ1) is 11.3. The summed E-state index contributed by atoms with van der Waals surface area (Å²) in [7, 11) is -2.00. The van der Waals surface area contributed by atoms with E-state index in [0.29, 0.717) is 5.75 Å². The Morgan fingerprint density at radius 2 is 1.58 bits per heavy atom. The van der Waals surface area contributed by atoms with Gasteiger partial charge in [0.15, 0.2) is 0 Å². The lowest BCUT2D eigenvalue weighted by Gasteiger charge is -2.13. The molecule has 5 nitrogen and oxygen atoms in total. The normalized spacial score (nSPS) is 11.3. The SMILES string of the molecule is COc1c(C)cc(S(=O)(=O)NCCOc2ccc(C)cc2)cc1C. The van der Waals surface area contributed by atoms with E-state index in [1.807, 2.05) is 45.0 Å². The Kier molecular flexibility index (Phi) is 5.85. The molecule has 2 aromatic carbocycles. The molecule has 0 aliphatic carbocycles. The maximum absolute atomic E-state index is 12.4. The Balaban J connectivity index is 1.97. The van der Waals surface area contributed by atoms with Crippen molar-refractivity contribution in [3.05, 3.63) is 53.1 Å². The molecule has 0 saturated heterocycles. The minimum Gasteiger partial charge on any atom is -0.496 e. The average Bonchev–Trinajstić information content (AvgIpc) is 2.53. The van der Waals surface area contributed by atoms with Gasteiger partial charge in [0.1, 0.15) is 18.1 Å². The summed E-state index contributed by atoms with van der Waals surface area (Å²) in [6.07, 6.45) is 0. The van der Waals surface area contributed by atoms with Crippen LogP contribution in [0.25, 0.3) is 0 Å². The Bertz CT molecular complexity index is 775. The summed E-state index contributed by atoms with van der Waals surface area (Å²) in [5.41, 5.74) is 2.72. The van der Waals surface area contributed by atoms with Gasteiger partial charge in [-0.3, -0.25) is 0 Å². The van der Waals surface area contributed by atoms with Crippen molar-refractivity contribution >= 4 is 10.0 Å². The first-order valence-corrected chi connectivity index (χ1v) is 9.16. The van der Waals surface area contributed by atoms with Crippen LogP contribution in [-0.4, -0.2) is 28.7 Å². The summed E-state index contributed by atoms with van der Waals surface area (Å²) < 4.78 is 38.1. The fraction of sp³-hybridized carbons (Fsp3) is 0.333. The summed E-state index contributed by atoms with van der Waals surface area (Å²) in [6, 6.07) is 10.8. The van der Waals surface area contributed by atoms with E-state index in [1.165, 1.54) is 0 Å². The quantitative estimate of drug-likeness (QED) is 0.781. The molecule has 24 heavy (non-hydrogen) atoms. The van der Waals surface area contributed by atoms with Crippen LogP contribution in [0.1, 0.15) is 16.7 Å². The topological polar surface area (TPSA) is 64.6 Å². The van der Waals surface area contributed by atoms with Gasteiger partial charge in [-0.25, -0.2) is 13.1 Å². The highest BCUT2D eigenvalue weighted by Crippen LogP contribution is 2.26. The first-order valence-electron chi connectivity index (χ1n) is 7.68. The summed E-state index contributed by atoms with van der Waals surface area (Å²) in [4.78, 5) is 0.230. The lowest BCUT2D eigenvalue weighted by atomic mass is 10.1. The van der Waals surface area contributed by atoms with Gasteiger partial charge in [0, 0.05) is 6.54 Å². The van der Waals surface area contributed by atoms with Gasteiger partial charge in [-0.05, 0) is 56.2 Å². The number of benzene rings is 2. The van der Waals surface area contributed by atoms with Gasteiger partial charge in [0.05, 0.1) is 12.0 Å². The van der Waals surface area contributed by atoms with Crippen LogP contribution in [0.15, 0.2) is 41.3 Å². The lowest BCUT2D eigenvalue weighted by Crippen LogP contribution is -2.28. The van der Waals surface area contributed by atoms with Crippen molar-refractivity contribution < 1.29 is 17.9 Å². The molecule has 0 amide bonds. The van der Waals surface area contributed by atoms with Gasteiger partial charge in [-0.15, -0.1) is 0 Å². The predicted molar refractivity (Wildman–Crippen MR) is 94.3 cm³/mol. The van der Waals surface area contributed by atoms with E-state index >= 15 is 0 Å². The average molecular weight is 349 g/mol. The molecule has 0 unspecified atom stereocenters. The number of hydrogen-bond donors (Lipinski definition) is 1. The number of nitrogens with one attached hydrogen (secondary N) is 1. The van der Waals surface area contributed by atoms with Crippen LogP contribution >= 0.6 is 0 Å². The number of hydrogen-bond acceptors (Lipinski definition) is 4. The van der Waals surface area contributed by atoms with Crippen LogP contribution in [0.5, 0.6) is 11.5 Å². The number of sulfonamides is 1. The standard InChI is InChI=1S/C18H23NO4S/c1-13-5-7-16(8-6-13)23-10-9-19-24(20,21)17-11-14(2)18(22-4)15(3)12-17/h5-8,11-12,19H,9-10H2,1-4H3. The second kappa shape index (κ2) is 7.68. The van der Waals surface area contributed by atoms with Crippen LogP contribution in [0.2, 0.25) is 0 Å². The second-order valence-corrected chi connectivity index (χ2v) is 7.42. The van der Waals surface area contributed by atoms with Gasteiger partial charge >= 0.3 is 0 Å². The Morgan fingerprint density at radius 1 is 1.00 bits per heavy atom. The van der Waals surface area contributed by atoms with Crippen molar-refractivity contribution in [2.24, 2.45) is 0 Å². The van der Waals surface area contributed by atoms with Crippen LogP contribution in [0.4, 0.5) is 0 Å². The van der Waals surface area contributed by atoms with Gasteiger partial charge in [-0.2, -0.15) is 0 Å². The Morgan fingerprint density at radius 3 is 2.12 bits per heavy atom. The smallest absolute Gasteiger partial charge is 0.240 e. The molecule has 0 heterocycles. The van der Waals surface area contributed by atoms with E-state index in [2.05, 4.69) is 4.72 Å². The zero-order valence-electron chi connectivity index (χ0n) is 14.4. The van der Waals surface area contributed by atoms with E-state index in [-0.39, 0.29) is 18.0 Å². The molecule has 0 spiro atoms. The minimum absolute atomic E-state index is 0.195. The molecule has 6 heteroatoms. The molecule has 0 aliphatic rings. The monoisotopic (exact) mass is 349 g/mol. The van der Waals surface area contributed by atoms with Gasteiger partial charge < -0.3 is 9.47 Å². The fourth-order valence-corrected chi connectivity index (χ4v) is 3.63. The molecule has 0 radical (unpaired) electrons. The highest BCUT2D eigenvalue weighted by Gasteiger charge is 2.16. The molecular formula is C18H23NO4S. The van der Waals surface area contributed by atoms with Crippen molar-refractivity contribution in [2.75, 3.05) is 20.3 Å². The second-order valence-electron chi connectivity index (χ2n) is 5.65. The molecule has 0 aromatic heterocycles. The van der Waals surface area contributed by atoms with E-state index < -0.39 is 10.0 Å². The maximum atomic E-state index is 12.4. The van der Waals surface area contributed by atoms with Crippen molar-refractivity contribution in [1.82, 2.24) is 4.72 Å². The van der Waals surface area contributed by atoms with Crippen LogP contribution < -0.4 is 14.2 Å². The van der Waals surface area contributed by atoms with Crippen LogP contribution in [0.3, 0.4) is 0 Å². The zero-order chi connectivity index (χ0) is 17.7. The predicted octanol–water partition coefficient (Wildman–Crippen LogP) is 2.98. The summed E-state index contributed by atoms with van der Waals surface area (Å²) >= 11 is 0. The summed E-state index contributed by atoms with van der Waals surface area (Å²) in [5.74, 6) is 1.42. The third-order valence-corrected chi connectivity index (χ3v) is 5.07. The zero-order valence-corrected chi connectivity index (χ0v) is 15.2. The van der Waals surface area contributed by atoms with E-state index in [9.17, 15) is 8.42 Å². The molecular weight excluding hydrogens is 326 g/mol. The van der Waals surface area contributed by atoms with Gasteiger partial charge in [0.2, 0.25) is 10.0 Å². The van der Waals surface area contributed by atoms with Crippen molar-refractivity contribution in [3.8, 4) is 11.5 Å². The van der Waals surface area contributed by atoms with Gasteiger partial charge in [-0.1, -0.05) is 17.7 Å². The van der Waals surface area contributed by atoms with Gasteiger partial charge in [0.25, 0.3) is 0 Å². The third-order valence-electron chi connectivity index (χ3n) is 3.63. The summed E-state index contributed by atoms with van der Waals surface area (Å²) in [5, 5.41) is 0. The minimum atomic E-state index is -3.58. The lowest BCUT2D eigenvalue weighted by molar-refractivity contribution is 0.323. The molecule has 1 N–H and O–H groups in total. The van der Waals surface area contributed by atoms with Crippen molar-refractivity contribution in [2.45, 2.75) is 25.7 Å². The number of rotatable bonds is 7. The highest BCUT2D eigenvalue weighted by atomic mass is 32.2. The molecule has 0 aliphatic heterocycles. The molecule has 0 fully saturated rings. The Hall–Kier alpha value is -2.05. The van der Waals surface area contributed by atoms with E-state index in [0.717, 1.165) is 22.4 Å². The van der Waals surface area contributed by atoms with Crippen LogP contribution in [-0.2, 0) is 10.0 Å². The van der Waals surface area contributed by atoms with E-state index in [4.69, 9.17) is 9.47 Å². The third kappa shape index (κ3) is 4.49. The highest BCUT2D eigenvalue weighted by molar-refractivity contribution is 7.89. The number of ether oxygens (including phenoxy) is 2. The fourth-order valence-electron chi connectivity index (χ4n) is 2.45. The van der Waals surface area contributed by atoms with E-state index in [1.54, 1.807) is 19.2 Å². The molecule has 0 saturated carbocycles. The Labute approximate surface area is 143 Å².